The number of nitrogens with zero attached hydrogens (tertiary/aromatic N) is 2. The molecule has 1 atom stereocenters. The predicted molar refractivity (Wildman–Crippen MR) is 114 cm³/mol. The van der Waals surface area contributed by atoms with E-state index in [0.717, 1.165) is 22.4 Å². The van der Waals surface area contributed by atoms with Crippen molar-refractivity contribution in [1.82, 2.24) is 9.97 Å². The van der Waals surface area contributed by atoms with Crippen LogP contribution in [-0.4, -0.2) is 33.7 Å². The second-order valence-corrected chi connectivity index (χ2v) is 7.89. The number of fused-ring (bicyclic) bond motifs is 4. The summed E-state index contributed by atoms with van der Waals surface area (Å²) in [5.74, 6) is -1.05. The second-order valence-electron chi connectivity index (χ2n) is 7.89. The number of hydrogen-bond donors (Lipinski definition) is 2. The molecule has 7 heteroatoms. The van der Waals surface area contributed by atoms with Crippen molar-refractivity contribution >= 4 is 18.0 Å². The van der Waals surface area contributed by atoms with Crippen molar-refractivity contribution in [1.29, 1.82) is 0 Å². The molecule has 2 aliphatic carbocycles. The molecule has 1 heterocycles. The number of ether oxygens (including phenoxy) is 1. The van der Waals surface area contributed by atoms with Gasteiger partial charge in [0.15, 0.2) is 0 Å². The summed E-state index contributed by atoms with van der Waals surface area (Å²) in [5.41, 5.74) is 6.23. The van der Waals surface area contributed by atoms with Crippen LogP contribution in [0.25, 0.3) is 11.1 Å². The molecule has 2 N–H and O–H groups in total. The molecule has 2 aliphatic rings. The van der Waals surface area contributed by atoms with Crippen LogP contribution in [0.1, 0.15) is 34.7 Å². The van der Waals surface area contributed by atoms with Crippen LogP contribution in [0.3, 0.4) is 0 Å². The Bertz CT molecular complexity index is 1130. The molecule has 0 spiro atoms. The van der Waals surface area contributed by atoms with E-state index < -0.39 is 18.0 Å². The Morgan fingerprint density at radius 3 is 2.42 bits per heavy atom. The van der Waals surface area contributed by atoms with Crippen molar-refractivity contribution in [2.45, 2.75) is 25.2 Å². The molecule has 0 aliphatic heterocycles. The number of anilines is 1. The minimum atomic E-state index is -0.800. The zero-order valence-electron chi connectivity index (χ0n) is 16.7. The molecule has 31 heavy (non-hydrogen) atoms. The lowest BCUT2D eigenvalue weighted by Gasteiger charge is -2.20. The lowest BCUT2D eigenvalue weighted by atomic mass is 9.87. The highest BCUT2D eigenvalue weighted by Gasteiger charge is 2.29. The number of aromatic nitrogens is 2. The highest BCUT2D eigenvalue weighted by Crippen LogP contribution is 2.44. The number of amides is 1. The molecule has 2 aromatic carbocycles. The highest BCUT2D eigenvalue weighted by atomic mass is 16.5. The first-order chi connectivity index (χ1) is 15.1. The van der Waals surface area contributed by atoms with Gasteiger partial charge >= 0.3 is 12.1 Å². The smallest absolute Gasteiger partial charge is 0.414 e. The molecule has 0 saturated heterocycles. The molecule has 0 fully saturated rings. The first-order valence-electron chi connectivity index (χ1n) is 10.3. The number of benzene rings is 2. The third-order valence-corrected chi connectivity index (χ3v) is 6.06. The van der Waals surface area contributed by atoms with Crippen LogP contribution in [0.2, 0.25) is 0 Å². The average molecular weight is 415 g/mol. The van der Waals surface area contributed by atoms with E-state index in [9.17, 15) is 14.7 Å². The zero-order valence-corrected chi connectivity index (χ0v) is 16.7. The molecule has 0 radical (unpaired) electrons. The van der Waals surface area contributed by atoms with Crippen molar-refractivity contribution in [3.05, 3.63) is 77.1 Å². The van der Waals surface area contributed by atoms with Crippen molar-refractivity contribution in [2.24, 2.45) is 5.92 Å². The van der Waals surface area contributed by atoms with E-state index in [-0.39, 0.29) is 18.5 Å². The van der Waals surface area contributed by atoms with Gasteiger partial charge in [-0.3, -0.25) is 10.1 Å². The third-order valence-electron chi connectivity index (χ3n) is 6.06. The number of rotatable bonds is 4. The molecular formula is C24H21N3O4. The maximum absolute atomic E-state index is 12.4. The molecule has 156 valence electrons. The largest absolute Gasteiger partial charge is 0.481 e. The van der Waals surface area contributed by atoms with Crippen molar-refractivity contribution in [3.8, 4) is 11.1 Å². The summed E-state index contributed by atoms with van der Waals surface area (Å²) in [5, 5.41) is 11.8. The zero-order chi connectivity index (χ0) is 21.4. The molecule has 7 nitrogen and oxygen atoms in total. The Hall–Kier alpha value is -3.74. The first kappa shape index (κ1) is 19.2. The third kappa shape index (κ3) is 3.63. The van der Waals surface area contributed by atoms with Gasteiger partial charge in [-0.2, -0.15) is 0 Å². The Kier molecular flexibility index (Phi) is 4.86. The minimum absolute atomic E-state index is 0.0180. The summed E-state index contributed by atoms with van der Waals surface area (Å²) < 4.78 is 5.53. The number of hydrogen-bond acceptors (Lipinski definition) is 5. The van der Waals surface area contributed by atoms with E-state index >= 15 is 0 Å². The number of nitrogens with one attached hydrogen (secondary N) is 1. The maximum atomic E-state index is 12.4. The number of aryl methyl sites for hydroxylation is 1. The number of carboxylic acids is 1. The summed E-state index contributed by atoms with van der Waals surface area (Å²) in [6.07, 6.45) is 2.48. The fourth-order valence-corrected chi connectivity index (χ4v) is 4.50. The SMILES string of the molecule is O=C(Nc1ncc2c(n1)CCC(C(=O)O)C2)OCC1c2ccccc2-c2ccccc21. The Labute approximate surface area is 179 Å². The molecule has 0 saturated carbocycles. The van der Waals surface area contributed by atoms with Crippen molar-refractivity contribution in [3.63, 3.8) is 0 Å². The number of aliphatic carboxylic acids is 1. The lowest BCUT2D eigenvalue weighted by Crippen LogP contribution is -2.24. The molecule has 5 rings (SSSR count). The number of carboxylic acid groups (broad SMARTS) is 1. The van der Waals surface area contributed by atoms with Gasteiger partial charge in [-0.1, -0.05) is 48.5 Å². The number of carbonyl (C=O) groups excluding carboxylic acids is 1. The summed E-state index contributed by atoms with van der Waals surface area (Å²) in [4.78, 5) is 32.2. The van der Waals surface area contributed by atoms with Gasteiger partial charge in [-0.25, -0.2) is 14.8 Å². The summed E-state index contributed by atoms with van der Waals surface area (Å²) >= 11 is 0. The normalized spacial score (nSPS) is 16.7. The van der Waals surface area contributed by atoms with Gasteiger partial charge < -0.3 is 9.84 Å². The van der Waals surface area contributed by atoms with Gasteiger partial charge in [-0.05, 0) is 47.1 Å². The molecule has 3 aromatic rings. The van der Waals surface area contributed by atoms with Crippen LogP contribution in [-0.2, 0) is 22.4 Å². The van der Waals surface area contributed by atoms with Crippen molar-refractivity contribution < 1.29 is 19.4 Å². The van der Waals surface area contributed by atoms with Crippen LogP contribution in [0, 0.1) is 5.92 Å². The molecule has 0 bridgehead atoms. The minimum Gasteiger partial charge on any atom is -0.481 e. The van der Waals surface area contributed by atoms with Crippen LogP contribution >= 0.6 is 0 Å². The van der Waals surface area contributed by atoms with Gasteiger partial charge in [-0.15, -0.1) is 0 Å². The topological polar surface area (TPSA) is 101 Å². The summed E-state index contributed by atoms with van der Waals surface area (Å²) in [6.45, 7) is 0.213. The van der Waals surface area contributed by atoms with Crippen molar-refractivity contribution in [2.75, 3.05) is 11.9 Å². The van der Waals surface area contributed by atoms with E-state index in [1.807, 2.05) is 24.3 Å². The van der Waals surface area contributed by atoms with Crippen LogP contribution in [0.5, 0.6) is 0 Å². The monoisotopic (exact) mass is 415 g/mol. The van der Waals surface area contributed by atoms with Crippen LogP contribution < -0.4 is 5.32 Å². The van der Waals surface area contributed by atoms with E-state index in [4.69, 9.17) is 4.74 Å². The van der Waals surface area contributed by atoms with Gasteiger partial charge in [0.25, 0.3) is 0 Å². The van der Waals surface area contributed by atoms with Gasteiger partial charge in [0, 0.05) is 17.8 Å². The number of carbonyl (C=O) groups is 2. The quantitative estimate of drug-likeness (QED) is 0.667. The molecular weight excluding hydrogens is 394 g/mol. The van der Waals surface area contributed by atoms with Gasteiger partial charge in [0.1, 0.15) is 6.61 Å². The van der Waals surface area contributed by atoms with Gasteiger partial charge in [0.05, 0.1) is 5.92 Å². The maximum Gasteiger partial charge on any atom is 0.414 e. The first-order valence-corrected chi connectivity index (χ1v) is 10.3. The second kappa shape index (κ2) is 7.83. The molecule has 1 aromatic heterocycles. The Morgan fingerprint density at radius 2 is 1.74 bits per heavy atom. The molecule has 1 amide bonds. The fourth-order valence-electron chi connectivity index (χ4n) is 4.50. The van der Waals surface area contributed by atoms with E-state index in [0.29, 0.717) is 19.3 Å². The van der Waals surface area contributed by atoms with Crippen LogP contribution in [0.15, 0.2) is 54.7 Å². The predicted octanol–water partition coefficient (Wildman–Crippen LogP) is 4.03. The Balaban J connectivity index is 1.26. The van der Waals surface area contributed by atoms with Gasteiger partial charge in [0.2, 0.25) is 5.95 Å². The standard InChI is InChI=1S/C24H21N3O4/c28-22(29)14-9-10-21-15(11-14)12-25-23(26-21)27-24(30)31-13-20-18-7-3-1-5-16(18)17-6-2-4-8-19(17)20/h1-8,12,14,20H,9-11,13H2,(H,28,29)(H,25,26,27,30). The molecule has 1 unspecified atom stereocenters. The lowest BCUT2D eigenvalue weighted by molar-refractivity contribution is -0.142. The summed E-state index contributed by atoms with van der Waals surface area (Å²) in [7, 11) is 0. The summed E-state index contributed by atoms with van der Waals surface area (Å²) in [6, 6.07) is 16.3. The Morgan fingerprint density at radius 1 is 1.06 bits per heavy atom. The highest BCUT2D eigenvalue weighted by molar-refractivity contribution is 5.83. The van der Waals surface area contributed by atoms with Crippen LogP contribution in [0.4, 0.5) is 10.7 Å². The van der Waals surface area contributed by atoms with E-state index in [2.05, 4.69) is 39.6 Å². The van der Waals surface area contributed by atoms with E-state index in [1.165, 1.54) is 11.1 Å². The average Bonchev–Trinajstić information content (AvgIpc) is 3.11. The van der Waals surface area contributed by atoms with E-state index in [1.54, 1.807) is 6.20 Å². The fraction of sp³-hybridized carbons (Fsp3) is 0.250.